The van der Waals surface area contributed by atoms with Gasteiger partial charge in [0.25, 0.3) is 11.5 Å². The first-order chi connectivity index (χ1) is 11.9. The largest absolute Gasteiger partial charge is 0.506 e. The fraction of sp³-hybridized carbons (Fsp3) is 0.438. The third kappa shape index (κ3) is 3.04. The molecule has 0 unspecified atom stereocenters. The van der Waals surface area contributed by atoms with E-state index in [1.165, 1.54) is 7.05 Å². The van der Waals surface area contributed by atoms with E-state index in [1.54, 1.807) is 6.07 Å². The Morgan fingerprint density at radius 3 is 2.64 bits per heavy atom. The van der Waals surface area contributed by atoms with Gasteiger partial charge < -0.3 is 15.5 Å². The molecular formula is C16H18N4O5. The van der Waals surface area contributed by atoms with Crippen molar-refractivity contribution in [1.29, 1.82) is 0 Å². The molecule has 1 fully saturated rings. The van der Waals surface area contributed by atoms with Gasteiger partial charge in [-0.3, -0.25) is 19.0 Å². The predicted octanol–water partition coefficient (Wildman–Crippen LogP) is 0.506. The van der Waals surface area contributed by atoms with Crippen molar-refractivity contribution in [3.63, 3.8) is 0 Å². The molecule has 0 saturated heterocycles. The monoisotopic (exact) mass is 346 g/mol. The van der Waals surface area contributed by atoms with Gasteiger partial charge in [-0.25, -0.2) is 0 Å². The lowest BCUT2D eigenvalue weighted by Crippen LogP contribution is -2.35. The molecule has 2 aromatic rings. The van der Waals surface area contributed by atoms with E-state index in [4.69, 9.17) is 5.11 Å². The maximum Gasteiger partial charge on any atom is 0.322 e. The van der Waals surface area contributed by atoms with E-state index in [0.29, 0.717) is 0 Å². The first-order valence-corrected chi connectivity index (χ1v) is 7.99. The summed E-state index contributed by atoms with van der Waals surface area (Å²) >= 11 is 0. The highest BCUT2D eigenvalue weighted by atomic mass is 16.4. The molecule has 0 bridgehead atoms. The summed E-state index contributed by atoms with van der Waals surface area (Å²) in [4.78, 5) is 35.1. The summed E-state index contributed by atoms with van der Waals surface area (Å²) in [5.74, 6) is -2.45. The molecule has 132 valence electrons. The molecule has 0 spiro atoms. The van der Waals surface area contributed by atoms with Gasteiger partial charge in [0.15, 0.2) is 5.65 Å². The summed E-state index contributed by atoms with van der Waals surface area (Å²) in [6.45, 7) is -0.651. The number of rotatable bonds is 4. The van der Waals surface area contributed by atoms with Crippen molar-refractivity contribution in [2.45, 2.75) is 31.6 Å². The van der Waals surface area contributed by atoms with Crippen molar-refractivity contribution in [2.24, 2.45) is 7.05 Å². The molecular weight excluding hydrogens is 328 g/mol. The second-order valence-corrected chi connectivity index (χ2v) is 6.15. The summed E-state index contributed by atoms with van der Waals surface area (Å²) < 4.78 is 1.12. The van der Waals surface area contributed by atoms with Gasteiger partial charge >= 0.3 is 5.97 Å². The molecule has 0 radical (unpaired) electrons. The van der Waals surface area contributed by atoms with E-state index >= 15 is 0 Å². The second-order valence-electron chi connectivity index (χ2n) is 6.15. The Hall–Kier alpha value is -2.97. The Bertz CT molecular complexity index is 915. The number of amides is 1. The number of carboxylic acid groups (broad SMARTS) is 1. The highest BCUT2D eigenvalue weighted by Gasteiger charge is 2.25. The minimum Gasteiger partial charge on any atom is -0.506 e. The third-order valence-corrected chi connectivity index (χ3v) is 4.52. The highest BCUT2D eigenvalue weighted by molar-refractivity contribution is 6.02. The van der Waals surface area contributed by atoms with Gasteiger partial charge in [0.1, 0.15) is 17.9 Å². The van der Waals surface area contributed by atoms with Crippen LogP contribution in [0.2, 0.25) is 0 Å². The zero-order valence-corrected chi connectivity index (χ0v) is 13.7. The van der Waals surface area contributed by atoms with E-state index in [2.05, 4.69) is 15.5 Å². The van der Waals surface area contributed by atoms with Crippen molar-refractivity contribution in [2.75, 3.05) is 6.54 Å². The zero-order chi connectivity index (χ0) is 18.1. The van der Waals surface area contributed by atoms with Crippen LogP contribution in [0.4, 0.5) is 0 Å². The molecule has 0 aromatic carbocycles. The van der Waals surface area contributed by atoms with Crippen LogP contribution in [0.15, 0.2) is 10.9 Å². The minimum atomic E-state index is -1.25. The molecule has 9 heteroatoms. The second kappa shape index (κ2) is 6.50. The number of carbonyl (C=O) groups is 2. The van der Waals surface area contributed by atoms with E-state index in [9.17, 15) is 19.5 Å². The fourth-order valence-corrected chi connectivity index (χ4v) is 3.19. The van der Waals surface area contributed by atoms with Gasteiger partial charge in [0.2, 0.25) is 0 Å². The Kier molecular flexibility index (Phi) is 4.39. The summed E-state index contributed by atoms with van der Waals surface area (Å²) in [7, 11) is 1.42. The maximum atomic E-state index is 12.4. The summed E-state index contributed by atoms with van der Waals surface area (Å²) in [6.07, 6.45) is 4.18. The maximum absolute atomic E-state index is 12.4. The lowest BCUT2D eigenvalue weighted by atomic mass is 10.0. The van der Waals surface area contributed by atoms with Gasteiger partial charge in [-0.05, 0) is 18.9 Å². The van der Waals surface area contributed by atoms with Crippen molar-refractivity contribution in [3.05, 3.63) is 27.7 Å². The summed E-state index contributed by atoms with van der Waals surface area (Å²) in [5, 5.41) is 29.7. The van der Waals surface area contributed by atoms with E-state index in [0.717, 1.165) is 35.9 Å². The molecule has 3 N–H and O–H groups in total. The Morgan fingerprint density at radius 2 is 2.00 bits per heavy atom. The normalized spacial score (nSPS) is 14.8. The Morgan fingerprint density at radius 1 is 1.32 bits per heavy atom. The van der Waals surface area contributed by atoms with E-state index in [-0.39, 0.29) is 17.0 Å². The molecule has 3 rings (SSSR count). The molecule has 1 aliphatic carbocycles. The molecule has 9 nitrogen and oxygen atoms in total. The van der Waals surface area contributed by atoms with Crippen LogP contribution < -0.4 is 10.9 Å². The quantitative estimate of drug-likeness (QED) is 0.734. The fourth-order valence-electron chi connectivity index (χ4n) is 3.19. The number of nitrogens with one attached hydrogen (secondary N) is 1. The third-order valence-electron chi connectivity index (χ3n) is 4.52. The van der Waals surface area contributed by atoms with Gasteiger partial charge in [-0.15, -0.1) is 5.10 Å². The van der Waals surface area contributed by atoms with Gasteiger partial charge in [0, 0.05) is 13.0 Å². The Balaban J connectivity index is 2.12. The summed E-state index contributed by atoms with van der Waals surface area (Å²) in [5.41, 5.74) is -0.382. The van der Waals surface area contributed by atoms with Crippen LogP contribution in [0.5, 0.6) is 5.75 Å². The lowest BCUT2D eigenvalue weighted by Gasteiger charge is -2.13. The summed E-state index contributed by atoms with van der Waals surface area (Å²) in [6, 6.07) is 1.65. The van der Waals surface area contributed by atoms with E-state index < -0.39 is 35.3 Å². The number of aryl methyl sites for hydroxylation is 1. The van der Waals surface area contributed by atoms with Crippen LogP contribution in [-0.4, -0.2) is 43.4 Å². The van der Waals surface area contributed by atoms with Crippen LogP contribution >= 0.6 is 0 Å². The highest BCUT2D eigenvalue weighted by Crippen LogP contribution is 2.35. The molecule has 2 heterocycles. The molecule has 2 aromatic heterocycles. The number of hydrogen-bond donors (Lipinski definition) is 3. The zero-order valence-electron chi connectivity index (χ0n) is 13.7. The van der Waals surface area contributed by atoms with Crippen LogP contribution in [0, 0.1) is 0 Å². The van der Waals surface area contributed by atoms with Crippen LogP contribution in [0.1, 0.15) is 47.7 Å². The van der Waals surface area contributed by atoms with Crippen molar-refractivity contribution < 1.29 is 19.8 Å². The SMILES string of the molecule is Cn1c(=O)c(C(=O)NCC(=O)O)c(O)c2cc(C3CCCC3)nnc21. The van der Waals surface area contributed by atoms with Crippen LogP contribution in [0.25, 0.3) is 11.0 Å². The number of aromatic nitrogens is 3. The number of hydrogen-bond acceptors (Lipinski definition) is 6. The molecule has 1 saturated carbocycles. The number of aliphatic carboxylic acids is 1. The first-order valence-electron chi connectivity index (χ1n) is 7.99. The topological polar surface area (TPSA) is 134 Å². The number of aromatic hydroxyl groups is 1. The number of fused-ring (bicyclic) bond motifs is 1. The average molecular weight is 346 g/mol. The lowest BCUT2D eigenvalue weighted by molar-refractivity contribution is -0.135. The number of carbonyl (C=O) groups excluding carboxylic acids is 1. The van der Waals surface area contributed by atoms with Crippen molar-refractivity contribution in [1.82, 2.24) is 20.1 Å². The number of carboxylic acids is 1. The van der Waals surface area contributed by atoms with E-state index in [1.807, 2.05) is 0 Å². The van der Waals surface area contributed by atoms with Crippen LogP contribution in [-0.2, 0) is 11.8 Å². The van der Waals surface area contributed by atoms with Gasteiger partial charge in [-0.1, -0.05) is 12.8 Å². The predicted molar refractivity (Wildman–Crippen MR) is 87.6 cm³/mol. The molecule has 0 atom stereocenters. The number of nitrogens with zero attached hydrogens (tertiary/aromatic N) is 3. The molecule has 1 aliphatic rings. The minimum absolute atomic E-state index is 0.166. The molecule has 25 heavy (non-hydrogen) atoms. The van der Waals surface area contributed by atoms with Crippen LogP contribution in [0.3, 0.4) is 0 Å². The van der Waals surface area contributed by atoms with Gasteiger partial charge in [0.05, 0.1) is 11.1 Å². The molecule has 0 aliphatic heterocycles. The first kappa shape index (κ1) is 16.9. The standard InChI is InChI=1S/C16H18N4O5/c1-20-14-9(6-10(18-19-14)8-4-2-3-5-8)13(23)12(16(20)25)15(24)17-7-11(21)22/h6,8,23H,2-5,7H2,1H3,(H,17,24)(H,21,22). The van der Waals surface area contributed by atoms with Gasteiger partial charge in [-0.2, -0.15) is 5.10 Å². The van der Waals surface area contributed by atoms with Crippen molar-refractivity contribution in [3.8, 4) is 5.75 Å². The Labute approximate surface area is 142 Å². The molecule has 1 amide bonds. The average Bonchev–Trinajstić information content (AvgIpc) is 3.12. The smallest absolute Gasteiger partial charge is 0.322 e. The van der Waals surface area contributed by atoms with Crippen molar-refractivity contribution >= 4 is 22.9 Å². The number of pyridine rings is 1.